The molecule has 1 aromatic rings. The fraction of sp³-hybridized carbons (Fsp3) is 0.500. The van der Waals surface area contributed by atoms with E-state index in [2.05, 4.69) is 44.8 Å². The van der Waals surface area contributed by atoms with Crippen LogP contribution in [0, 0.1) is 0 Å². The van der Waals surface area contributed by atoms with Gasteiger partial charge in [0.05, 0.1) is 0 Å². The maximum atomic E-state index is 3.53. The van der Waals surface area contributed by atoms with Crippen molar-refractivity contribution in [3.8, 4) is 0 Å². The Labute approximate surface area is 98.6 Å². The third-order valence-corrected chi connectivity index (χ3v) is 4.32. The van der Waals surface area contributed by atoms with E-state index >= 15 is 0 Å². The van der Waals surface area contributed by atoms with Gasteiger partial charge >= 0.3 is 0 Å². The summed E-state index contributed by atoms with van der Waals surface area (Å²) in [6, 6.07) is 6.78. The van der Waals surface area contributed by atoms with E-state index in [1.807, 2.05) is 0 Å². The molecule has 3 rings (SSSR count). The van der Waals surface area contributed by atoms with Crippen molar-refractivity contribution in [3.63, 3.8) is 0 Å². The zero-order valence-electron chi connectivity index (χ0n) is 8.65. The summed E-state index contributed by atoms with van der Waals surface area (Å²) in [5, 5.41) is 7.96. The maximum absolute atomic E-state index is 3.53. The molecular formula is C12H15BrN2. The van der Waals surface area contributed by atoms with Crippen molar-refractivity contribution in [2.45, 2.75) is 17.2 Å². The normalized spacial score (nSPS) is 28.1. The van der Waals surface area contributed by atoms with Crippen LogP contribution >= 0.6 is 15.9 Å². The van der Waals surface area contributed by atoms with Crippen LogP contribution in [0.15, 0.2) is 18.2 Å². The third-order valence-electron chi connectivity index (χ3n) is 3.67. The highest BCUT2D eigenvalue weighted by Gasteiger charge is 2.41. The molecular weight excluding hydrogens is 252 g/mol. The van der Waals surface area contributed by atoms with Gasteiger partial charge < -0.3 is 10.6 Å². The first-order valence-electron chi connectivity index (χ1n) is 5.48. The van der Waals surface area contributed by atoms with Gasteiger partial charge in [-0.25, -0.2) is 0 Å². The lowest BCUT2D eigenvalue weighted by Crippen LogP contribution is -2.30. The topological polar surface area (TPSA) is 24.1 Å². The molecule has 2 nitrogen and oxygen atoms in total. The molecule has 15 heavy (non-hydrogen) atoms. The highest BCUT2D eigenvalue weighted by molar-refractivity contribution is 9.08. The van der Waals surface area contributed by atoms with Crippen LogP contribution in [0.1, 0.15) is 17.5 Å². The number of fused-ring (bicyclic) bond motifs is 2. The SMILES string of the molecule is BrCc1ccc2c(c1)C1(CCNC1)CN2. The number of alkyl halides is 1. The van der Waals surface area contributed by atoms with Gasteiger partial charge in [-0.15, -0.1) is 0 Å². The second-order valence-corrected chi connectivity index (χ2v) is 5.13. The molecule has 3 heteroatoms. The summed E-state index contributed by atoms with van der Waals surface area (Å²) in [5.74, 6) is 0. The minimum absolute atomic E-state index is 0.369. The average molecular weight is 267 g/mol. The fourth-order valence-electron chi connectivity index (χ4n) is 2.75. The van der Waals surface area contributed by atoms with Crippen molar-refractivity contribution in [1.82, 2.24) is 5.32 Å². The van der Waals surface area contributed by atoms with Crippen LogP contribution in [0.25, 0.3) is 0 Å². The number of nitrogens with one attached hydrogen (secondary N) is 2. The summed E-state index contributed by atoms with van der Waals surface area (Å²) in [6.07, 6.45) is 1.26. The van der Waals surface area contributed by atoms with E-state index < -0.39 is 0 Å². The Morgan fingerprint density at radius 2 is 2.27 bits per heavy atom. The summed E-state index contributed by atoms with van der Waals surface area (Å²) in [7, 11) is 0. The molecule has 1 unspecified atom stereocenters. The van der Waals surface area contributed by atoms with Crippen LogP contribution < -0.4 is 10.6 Å². The van der Waals surface area contributed by atoms with Crippen LogP contribution in [-0.4, -0.2) is 19.6 Å². The van der Waals surface area contributed by atoms with Gasteiger partial charge in [0, 0.05) is 29.5 Å². The van der Waals surface area contributed by atoms with E-state index in [-0.39, 0.29) is 0 Å². The van der Waals surface area contributed by atoms with Gasteiger partial charge in [-0.05, 0) is 30.2 Å². The Hall–Kier alpha value is -0.540. The summed E-state index contributed by atoms with van der Waals surface area (Å²) >= 11 is 3.53. The van der Waals surface area contributed by atoms with Gasteiger partial charge in [-0.1, -0.05) is 28.1 Å². The molecule has 0 amide bonds. The monoisotopic (exact) mass is 266 g/mol. The van der Waals surface area contributed by atoms with E-state index in [0.29, 0.717) is 5.41 Å². The molecule has 0 aliphatic carbocycles. The molecule has 2 aliphatic heterocycles. The predicted octanol–water partition coefficient (Wildman–Crippen LogP) is 2.24. The predicted molar refractivity (Wildman–Crippen MR) is 66.7 cm³/mol. The molecule has 80 valence electrons. The molecule has 1 aromatic carbocycles. The van der Waals surface area contributed by atoms with Crippen molar-refractivity contribution >= 4 is 21.6 Å². The van der Waals surface area contributed by atoms with E-state index in [0.717, 1.165) is 25.0 Å². The molecule has 0 saturated carbocycles. The largest absolute Gasteiger partial charge is 0.384 e. The Kier molecular flexibility index (Phi) is 2.25. The Bertz CT molecular complexity index is 383. The van der Waals surface area contributed by atoms with Crippen LogP contribution in [0.2, 0.25) is 0 Å². The molecule has 2 N–H and O–H groups in total. The minimum Gasteiger partial charge on any atom is -0.384 e. The summed E-state index contributed by atoms with van der Waals surface area (Å²) in [5.41, 5.74) is 4.60. The molecule has 1 saturated heterocycles. The van der Waals surface area contributed by atoms with Gasteiger partial charge in [0.1, 0.15) is 0 Å². The number of benzene rings is 1. The zero-order chi connectivity index (χ0) is 10.3. The molecule has 0 radical (unpaired) electrons. The van der Waals surface area contributed by atoms with Crippen molar-refractivity contribution < 1.29 is 0 Å². The number of rotatable bonds is 1. The van der Waals surface area contributed by atoms with E-state index in [1.54, 1.807) is 0 Å². The molecule has 0 bridgehead atoms. The quantitative estimate of drug-likeness (QED) is 0.762. The Morgan fingerprint density at radius 3 is 3.00 bits per heavy atom. The first-order chi connectivity index (χ1) is 7.34. The van der Waals surface area contributed by atoms with Crippen molar-refractivity contribution in [2.75, 3.05) is 25.0 Å². The van der Waals surface area contributed by atoms with Crippen LogP contribution in [0.4, 0.5) is 5.69 Å². The van der Waals surface area contributed by atoms with Gasteiger partial charge in [-0.2, -0.15) is 0 Å². The van der Waals surface area contributed by atoms with Crippen LogP contribution in [-0.2, 0) is 10.7 Å². The third kappa shape index (κ3) is 1.41. The average Bonchev–Trinajstić information content (AvgIpc) is 2.89. The summed E-state index contributed by atoms with van der Waals surface area (Å²) < 4.78 is 0. The van der Waals surface area contributed by atoms with Crippen molar-refractivity contribution in [3.05, 3.63) is 29.3 Å². The second-order valence-electron chi connectivity index (χ2n) is 4.57. The highest BCUT2D eigenvalue weighted by atomic mass is 79.9. The Balaban J connectivity index is 2.07. The number of anilines is 1. The second kappa shape index (κ2) is 3.49. The summed E-state index contributed by atoms with van der Waals surface area (Å²) in [6.45, 7) is 3.37. The number of halogens is 1. The smallest absolute Gasteiger partial charge is 0.0380 e. The molecule has 1 atom stereocenters. The molecule has 2 heterocycles. The molecule has 1 spiro atoms. The lowest BCUT2D eigenvalue weighted by Gasteiger charge is -2.22. The minimum atomic E-state index is 0.369. The van der Waals surface area contributed by atoms with Crippen molar-refractivity contribution in [2.24, 2.45) is 0 Å². The number of hydrogen-bond acceptors (Lipinski definition) is 2. The zero-order valence-corrected chi connectivity index (χ0v) is 10.2. The number of hydrogen-bond donors (Lipinski definition) is 2. The first-order valence-corrected chi connectivity index (χ1v) is 6.60. The standard InChI is InChI=1S/C12H15BrN2/c13-6-9-1-2-11-10(5-9)12(8-15-11)3-4-14-7-12/h1-2,5,14-15H,3-4,6-8H2. The molecule has 1 fully saturated rings. The molecule has 2 aliphatic rings. The first kappa shape index (κ1) is 9.67. The Morgan fingerprint density at radius 1 is 1.33 bits per heavy atom. The van der Waals surface area contributed by atoms with E-state index in [4.69, 9.17) is 0 Å². The maximum Gasteiger partial charge on any atom is 0.0380 e. The van der Waals surface area contributed by atoms with Gasteiger partial charge in [0.15, 0.2) is 0 Å². The van der Waals surface area contributed by atoms with Gasteiger partial charge in [-0.3, -0.25) is 0 Å². The fourth-order valence-corrected chi connectivity index (χ4v) is 3.10. The lowest BCUT2D eigenvalue weighted by molar-refractivity contribution is 0.522. The summed E-state index contributed by atoms with van der Waals surface area (Å²) in [4.78, 5) is 0. The van der Waals surface area contributed by atoms with Gasteiger partial charge in [0.25, 0.3) is 0 Å². The van der Waals surface area contributed by atoms with E-state index in [1.165, 1.54) is 23.2 Å². The van der Waals surface area contributed by atoms with Crippen molar-refractivity contribution in [1.29, 1.82) is 0 Å². The molecule has 0 aromatic heterocycles. The lowest BCUT2D eigenvalue weighted by atomic mass is 9.81. The van der Waals surface area contributed by atoms with Gasteiger partial charge in [0.2, 0.25) is 0 Å². The van der Waals surface area contributed by atoms with Crippen LogP contribution in [0.5, 0.6) is 0 Å². The van der Waals surface area contributed by atoms with E-state index in [9.17, 15) is 0 Å². The van der Waals surface area contributed by atoms with Crippen LogP contribution in [0.3, 0.4) is 0 Å². The highest BCUT2D eigenvalue weighted by Crippen LogP contribution is 2.41.